The van der Waals surface area contributed by atoms with E-state index in [1.165, 1.54) is 244 Å². The third kappa shape index (κ3) is 55.1. The maximum atomic E-state index is 12.4. The van der Waals surface area contributed by atoms with Crippen molar-refractivity contribution >= 4 is 11.9 Å². The van der Waals surface area contributed by atoms with Gasteiger partial charge in [0.25, 0.3) is 0 Å². The predicted molar refractivity (Wildman–Crippen MR) is 306 cm³/mol. The van der Waals surface area contributed by atoms with E-state index in [2.05, 4.69) is 55.6 Å². The second kappa shape index (κ2) is 59.4. The Kier molecular flexibility index (Phi) is 57.5. The molecule has 0 spiro atoms. The number of amides is 1. The Morgan fingerprint density at radius 3 is 1.11 bits per heavy atom. The van der Waals surface area contributed by atoms with E-state index in [0.717, 1.165) is 51.4 Å². The first kappa shape index (κ1) is 67.8. The Morgan fingerprint density at radius 2 is 0.714 bits per heavy atom. The average molecular weight is 983 g/mol. The Bertz CT molecular complexity index is 1180. The van der Waals surface area contributed by atoms with E-state index in [0.29, 0.717) is 19.4 Å². The van der Waals surface area contributed by atoms with Gasteiger partial charge >= 0.3 is 5.97 Å². The minimum Gasteiger partial charge on any atom is -0.466 e. The highest BCUT2D eigenvalue weighted by Gasteiger charge is 2.18. The van der Waals surface area contributed by atoms with Crippen molar-refractivity contribution in [2.24, 2.45) is 0 Å². The van der Waals surface area contributed by atoms with Gasteiger partial charge in [0.15, 0.2) is 0 Å². The van der Waals surface area contributed by atoms with Crippen LogP contribution in [0.2, 0.25) is 0 Å². The summed E-state index contributed by atoms with van der Waals surface area (Å²) in [5, 5.41) is 23.0. The lowest BCUT2D eigenvalue weighted by molar-refractivity contribution is -0.143. The third-order valence-electron chi connectivity index (χ3n) is 14.1. The van der Waals surface area contributed by atoms with Gasteiger partial charge in [-0.2, -0.15) is 0 Å². The molecule has 1 amide bonds. The van der Waals surface area contributed by atoms with E-state index in [-0.39, 0.29) is 18.5 Å². The fourth-order valence-electron chi connectivity index (χ4n) is 9.31. The molecule has 70 heavy (non-hydrogen) atoms. The molecule has 0 radical (unpaired) electrons. The third-order valence-corrected chi connectivity index (χ3v) is 14.1. The number of aliphatic hydroxyl groups excluding tert-OH is 2. The van der Waals surface area contributed by atoms with Gasteiger partial charge in [-0.3, -0.25) is 9.59 Å². The highest BCUT2D eigenvalue weighted by Crippen LogP contribution is 2.16. The molecule has 0 bridgehead atoms. The Morgan fingerprint density at radius 1 is 0.400 bits per heavy atom. The second-order valence-electron chi connectivity index (χ2n) is 21.0. The van der Waals surface area contributed by atoms with Crippen LogP contribution in [-0.2, 0) is 14.3 Å². The van der Waals surface area contributed by atoms with Crippen LogP contribution in [0.4, 0.5) is 0 Å². The van der Waals surface area contributed by atoms with E-state index < -0.39 is 12.1 Å². The van der Waals surface area contributed by atoms with E-state index in [1.54, 1.807) is 6.08 Å². The zero-order valence-corrected chi connectivity index (χ0v) is 46.7. The SMILES string of the molecule is CCCCCC/C=C\C/C=C\CCCCCCCC(=O)OCCCCCCCCCCCCCC/C=C\CCCCCCCCCCCC(=O)NC(CO)C(O)/C=C/CCCCCCCCCCCC. The lowest BCUT2D eigenvalue weighted by Gasteiger charge is -2.20. The van der Waals surface area contributed by atoms with Gasteiger partial charge < -0.3 is 20.3 Å². The molecule has 0 rings (SSSR count). The first-order valence-corrected chi connectivity index (χ1v) is 30.9. The topological polar surface area (TPSA) is 95.9 Å². The van der Waals surface area contributed by atoms with Gasteiger partial charge in [0.05, 0.1) is 25.4 Å². The first-order valence-electron chi connectivity index (χ1n) is 30.9. The molecule has 0 aliphatic heterocycles. The number of nitrogens with one attached hydrogen (secondary N) is 1. The fraction of sp³-hybridized carbons (Fsp3) is 0.844. The van der Waals surface area contributed by atoms with Crippen molar-refractivity contribution < 1.29 is 24.5 Å². The monoisotopic (exact) mass is 982 g/mol. The van der Waals surface area contributed by atoms with E-state index in [4.69, 9.17) is 4.74 Å². The summed E-state index contributed by atoms with van der Waals surface area (Å²) in [6.07, 6.45) is 75.8. The van der Waals surface area contributed by atoms with Crippen molar-refractivity contribution in [3.63, 3.8) is 0 Å². The molecule has 0 saturated carbocycles. The summed E-state index contributed by atoms with van der Waals surface area (Å²) in [4.78, 5) is 24.5. The summed E-state index contributed by atoms with van der Waals surface area (Å²) in [6, 6.07) is -0.630. The number of unbranched alkanes of at least 4 members (excludes halogenated alkanes) is 40. The van der Waals surface area contributed by atoms with Gasteiger partial charge in [-0.1, -0.05) is 268 Å². The van der Waals surface area contributed by atoms with Gasteiger partial charge in [0, 0.05) is 12.8 Å². The first-order chi connectivity index (χ1) is 34.5. The lowest BCUT2D eigenvalue weighted by atomic mass is 10.0. The van der Waals surface area contributed by atoms with Crippen LogP contribution in [0, 0.1) is 0 Å². The summed E-state index contributed by atoms with van der Waals surface area (Å²) < 4.78 is 5.48. The Balaban J connectivity index is 3.41. The van der Waals surface area contributed by atoms with Crippen LogP contribution in [0.25, 0.3) is 0 Å². The minimum absolute atomic E-state index is 0.000875. The molecule has 410 valence electrons. The van der Waals surface area contributed by atoms with Crippen LogP contribution < -0.4 is 5.32 Å². The van der Waals surface area contributed by atoms with Crippen LogP contribution in [-0.4, -0.2) is 47.4 Å². The summed E-state index contributed by atoms with van der Waals surface area (Å²) in [5.41, 5.74) is 0. The van der Waals surface area contributed by atoms with Crippen LogP contribution in [0.1, 0.15) is 322 Å². The van der Waals surface area contributed by atoms with Crippen molar-refractivity contribution in [3.8, 4) is 0 Å². The molecule has 0 aliphatic carbocycles. The molecule has 0 aromatic carbocycles. The van der Waals surface area contributed by atoms with E-state index in [9.17, 15) is 19.8 Å². The molecule has 2 atom stereocenters. The summed E-state index contributed by atoms with van der Waals surface area (Å²) in [5.74, 6) is -0.0728. The van der Waals surface area contributed by atoms with Crippen LogP contribution in [0.3, 0.4) is 0 Å². The number of aliphatic hydroxyl groups is 2. The highest BCUT2D eigenvalue weighted by atomic mass is 16.5. The normalized spacial score (nSPS) is 12.9. The Labute approximate surface area is 436 Å². The number of hydrogen-bond acceptors (Lipinski definition) is 5. The molecule has 0 fully saturated rings. The molecule has 0 aromatic rings. The van der Waals surface area contributed by atoms with E-state index in [1.807, 2.05) is 6.08 Å². The molecule has 6 nitrogen and oxygen atoms in total. The second-order valence-corrected chi connectivity index (χ2v) is 21.0. The molecule has 2 unspecified atom stereocenters. The van der Waals surface area contributed by atoms with Crippen LogP contribution >= 0.6 is 0 Å². The molecule has 0 heterocycles. The number of allylic oxidation sites excluding steroid dienone is 7. The van der Waals surface area contributed by atoms with Crippen molar-refractivity contribution in [3.05, 3.63) is 48.6 Å². The summed E-state index contributed by atoms with van der Waals surface area (Å²) >= 11 is 0. The number of esters is 1. The standard InChI is InChI=1S/C64H119NO5/c1-3-5-7-9-11-13-15-17-18-31-34-38-42-46-50-54-58-64(69)70-59-55-51-47-43-39-35-32-29-27-25-23-21-19-20-22-24-26-28-30-33-37-41-45-49-53-57-63(68)65-61(60-66)62(67)56-52-48-44-40-36-16-14-12-10-8-6-4-2/h13,15,18,20,22,31,52,56,61-62,66-67H,3-12,14,16-17,19,21,23-30,32-51,53-55,57-60H2,1-2H3,(H,65,68)/b15-13-,22-20-,31-18-,56-52+. The van der Waals surface area contributed by atoms with Crippen molar-refractivity contribution in [1.29, 1.82) is 0 Å². The highest BCUT2D eigenvalue weighted by molar-refractivity contribution is 5.76. The molecular weight excluding hydrogens is 863 g/mol. The van der Waals surface area contributed by atoms with E-state index >= 15 is 0 Å². The van der Waals surface area contributed by atoms with Crippen molar-refractivity contribution in [2.75, 3.05) is 13.2 Å². The van der Waals surface area contributed by atoms with Crippen molar-refractivity contribution in [1.82, 2.24) is 5.32 Å². The summed E-state index contributed by atoms with van der Waals surface area (Å²) in [7, 11) is 0. The zero-order chi connectivity index (χ0) is 50.7. The molecule has 6 heteroatoms. The predicted octanol–water partition coefficient (Wildman–Crippen LogP) is 19.4. The Hall–Kier alpha value is -2.18. The lowest BCUT2D eigenvalue weighted by Crippen LogP contribution is -2.45. The fourth-order valence-corrected chi connectivity index (χ4v) is 9.31. The number of carbonyl (C=O) groups excluding carboxylic acids is 2. The molecule has 3 N–H and O–H groups in total. The van der Waals surface area contributed by atoms with Crippen LogP contribution in [0.15, 0.2) is 48.6 Å². The minimum atomic E-state index is -0.846. The molecule has 0 saturated heterocycles. The van der Waals surface area contributed by atoms with Crippen LogP contribution in [0.5, 0.6) is 0 Å². The quantitative estimate of drug-likeness (QED) is 0.0321. The number of hydrogen-bond donors (Lipinski definition) is 3. The van der Waals surface area contributed by atoms with Gasteiger partial charge in [0.1, 0.15) is 0 Å². The maximum Gasteiger partial charge on any atom is 0.305 e. The smallest absolute Gasteiger partial charge is 0.305 e. The number of carbonyl (C=O) groups is 2. The van der Waals surface area contributed by atoms with Crippen molar-refractivity contribution in [2.45, 2.75) is 334 Å². The van der Waals surface area contributed by atoms with Gasteiger partial charge in [-0.25, -0.2) is 0 Å². The average Bonchev–Trinajstić information content (AvgIpc) is 3.36. The molecule has 0 aliphatic rings. The summed E-state index contributed by atoms with van der Waals surface area (Å²) in [6.45, 7) is 4.87. The molecular formula is C64H119NO5. The molecule has 0 aromatic heterocycles. The maximum absolute atomic E-state index is 12.4. The number of ether oxygens (including phenoxy) is 1. The number of rotatable bonds is 57. The van der Waals surface area contributed by atoms with Gasteiger partial charge in [-0.15, -0.1) is 0 Å². The largest absolute Gasteiger partial charge is 0.466 e. The van der Waals surface area contributed by atoms with Gasteiger partial charge in [-0.05, 0) is 89.9 Å². The zero-order valence-electron chi connectivity index (χ0n) is 46.7. The van der Waals surface area contributed by atoms with Gasteiger partial charge in [0.2, 0.25) is 5.91 Å².